The molecule has 11 heteroatoms. The molecule has 0 fully saturated rings. The number of nitrogens with zero attached hydrogens (tertiary/aromatic N) is 4. The van der Waals surface area contributed by atoms with Crippen LogP contribution in [0.5, 0.6) is 6.01 Å². The van der Waals surface area contributed by atoms with Gasteiger partial charge in [-0.2, -0.15) is 0 Å². The van der Waals surface area contributed by atoms with Crippen LogP contribution in [0.2, 0.25) is 0 Å². The van der Waals surface area contributed by atoms with Gasteiger partial charge in [-0.25, -0.2) is 13.1 Å². The molecule has 1 aromatic carbocycles. The summed E-state index contributed by atoms with van der Waals surface area (Å²) < 4.78 is 34.0. The molecule has 0 radical (unpaired) electrons. The SMILES string of the molecule is CCn1c(OC)nnc1[C@@H](C)NS(=O)(=O)Cc1cccc([N+](=O)[O-])c1. The summed E-state index contributed by atoms with van der Waals surface area (Å²) >= 11 is 0. The van der Waals surface area contributed by atoms with Gasteiger partial charge >= 0.3 is 6.01 Å². The Labute approximate surface area is 145 Å². The molecule has 0 aliphatic heterocycles. The first-order valence-corrected chi connectivity index (χ1v) is 9.13. The standard InChI is InChI=1S/C14H19N5O5S/c1-4-18-13(15-16-14(18)24-3)10(2)17-25(22,23)9-11-6-5-7-12(8-11)19(20)21/h5-8,10,17H,4,9H2,1-3H3/t10-/m1/s1. The average molecular weight is 369 g/mol. The Bertz CT molecular complexity index is 864. The molecule has 136 valence electrons. The number of nitro groups is 1. The van der Waals surface area contributed by atoms with Crippen molar-refractivity contribution in [3.8, 4) is 6.01 Å². The van der Waals surface area contributed by atoms with Gasteiger partial charge < -0.3 is 4.74 Å². The molecule has 1 atom stereocenters. The normalized spacial score (nSPS) is 12.8. The van der Waals surface area contributed by atoms with E-state index in [0.29, 0.717) is 23.9 Å². The van der Waals surface area contributed by atoms with Crippen LogP contribution in [-0.4, -0.2) is 35.2 Å². The second kappa shape index (κ2) is 7.57. The maximum absolute atomic E-state index is 12.4. The average Bonchev–Trinajstić information content (AvgIpc) is 2.97. The van der Waals surface area contributed by atoms with E-state index >= 15 is 0 Å². The molecule has 2 aromatic rings. The van der Waals surface area contributed by atoms with Crippen molar-refractivity contribution in [2.75, 3.05) is 7.11 Å². The van der Waals surface area contributed by atoms with Crippen LogP contribution in [0.25, 0.3) is 0 Å². The zero-order valence-corrected chi connectivity index (χ0v) is 14.9. The van der Waals surface area contributed by atoms with Gasteiger partial charge in [-0.3, -0.25) is 14.7 Å². The fourth-order valence-corrected chi connectivity index (χ4v) is 3.76. The molecule has 1 N–H and O–H groups in total. The van der Waals surface area contributed by atoms with Gasteiger partial charge in [-0.05, 0) is 19.4 Å². The Kier molecular flexibility index (Phi) is 5.69. The lowest BCUT2D eigenvalue weighted by atomic mass is 10.2. The molecule has 0 spiro atoms. The molecule has 2 rings (SSSR count). The summed E-state index contributed by atoms with van der Waals surface area (Å²) in [5.41, 5.74) is 0.166. The van der Waals surface area contributed by atoms with Crippen molar-refractivity contribution in [2.45, 2.75) is 32.2 Å². The topological polar surface area (TPSA) is 129 Å². The molecule has 0 saturated carbocycles. The Balaban J connectivity index is 2.17. The van der Waals surface area contributed by atoms with Crippen molar-refractivity contribution in [1.29, 1.82) is 0 Å². The number of aromatic nitrogens is 3. The quantitative estimate of drug-likeness (QED) is 0.550. The summed E-state index contributed by atoms with van der Waals surface area (Å²) in [4.78, 5) is 10.2. The van der Waals surface area contributed by atoms with Crippen molar-refractivity contribution >= 4 is 15.7 Å². The van der Waals surface area contributed by atoms with E-state index in [1.165, 1.54) is 31.4 Å². The van der Waals surface area contributed by atoms with Crippen LogP contribution in [0, 0.1) is 10.1 Å². The lowest BCUT2D eigenvalue weighted by Crippen LogP contribution is -2.30. The molecule has 1 aromatic heterocycles. The number of nitrogens with one attached hydrogen (secondary N) is 1. The number of methoxy groups -OCH3 is 1. The van der Waals surface area contributed by atoms with Crippen LogP contribution in [0.3, 0.4) is 0 Å². The third-order valence-corrected chi connectivity index (χ3v) is 4.89. The van der Waals surface area contributed by atoms with Gasteiger partial charge in [0.05, 0.1) is 23.8 Å². The zero-order valence-electron chi connectivity index (χ0n) is 14.0. The highest BCUT2D eigenvalue weighted by Gasteiger charge is 2.23. The lowest BCUT2D eigenvalue weighted by Gasteiger charge is -2.15. The molecule has 1 heterocycles. The Morgan fingerprint density at radius 3 is 2.72 bits per heavy atom. The molecule has 0 unspecified atom stereocenters. The van der Waals surface area contributed by atoms with Gasteiger partial charge in [0.15, 0.2) is 5.82 Å². The zero-order chi connectivity index (χ0) is 18.6. The predicted octanol–water partition coefficient (Wildman–Crippen LogP) is 1.40. The maximum atomic E-state index is 12.4. The Morgan fingerprint density at radius 2 is 2.12 bits per heavy atom. The summed E-state index contributed by atoms with van der Waals surface area (Å²) in [5.74, 6) is 0.0399. The molecule has 0 saturated heterocycles. The predicted molar refractivity (Wildman–Crippen MR) is 89.5 cm³/mol. The van der Waals surface area contributed by atoms with Crippen LogP contribution in [-0.2, 0) is 22.3 Å². The van der Waals surface area contributed by atoms with E-state index in [2.05, 4.69) is 14.9 Å². The van der Waals surface area contributed by atoms with Gasteiger partial charge in [0.25, 0.3) is 5.69 Å². The summed E-state index contributed by atoms with van der Waals surface area (Å²) in [6, 6.07) is 5.17. The first kappa shape index (κ1) is 18.8. The molecule has 25 heavy (non-hydrogen) atoms. The van der Waals surface area contributed by atoms with Crippen molar-refractivity contribution in [3.05, 3.63) is 45.8 Å². The highest BCUT2D eigenvalue weighted by Crippen LogP contribution is 2.19. The Morgan fingerprint density at radius 1 is 1.40 bits per heavy atom. The third-order valence-electron chi connectivity index (χ3n) is 3.47. The highest BCUT2D eigenvalue weighted by atomic mass is 32.2. The van der Waals surface area contributed by atoms with Crippen molar-refractivity contribution in [2.24, 2.45) is 0 Å². The number of rotatable bonds is 8. The van der Waals surface area contributed by atoms with Crippen LogP contribution < -0.4 is 9.46 Å². The minimum absolute atomic E-state index is 0.156. The first-order chi connectivity index (χ1) is 11.8. The van der Waals surface area contributed by atoms with E-state index in [-0.39, 0.29) is 11.4 Å². The summed E-state index contributed by atoms with van der Waals surface area (Å²) in [7, 11) is -2.29. The third kappa shape index (κ3) is 4.51. The molecule has 0 aliphatic rings. The second-order valence-electron chi connectivity index (χ2n) is 5.31. The van der Waals surface area contributed by atoms with Crippen LogP contribution in [0.4, 0.5) is 5.69 Å². The monoisotopic (exact) mass is 369 g/mol. The number of benzene rings is 1. The minimum Gasteiger partial charge on any atom is -0.467 e. The first-order valence-electron chi connectivity index (χ1n) is 7.47. The largest absolute Gasteiger partial charge is 0.467 e. The minimum atomic E-state index is -3.74. The van der Waals surface area contributed by atoms with Crippen molar-refractivity contribution in [3.63, 3.8) is 0 Å². The number of hydrogen-bond donors (Lipinski definition) is 1. The van der Waals surface area contributed by atoms with Crippen LogP contribution >= 0.6 is 0 Å². The van der Waals surface area contributed by atoms with E-state index in [1.54, 1.807) is 11.5 Å². The number of hydrogen-bond acceptors (Lipinski definition) is 7. The summed E-state index contributed by atoms with van der Waals surface area (Å²) in [5, 5.41) is 18.6. The van der Waals surface area contributed by atoms with E-state index < -0.39 is 21.0 Å². The molecule has 10 nitrogen and oxygen atoms in total. The molecular formula is C14H19N5O5S. The van der Waals surface area contributed by atoms with Gasteiger partial charge in [0.2, 0.25) is 10.0 Å². The smallest absolute Gasteiger partial charge is 0.316 e. The van der Waals surface area contributed by atoms with Crippen LogP contribution in [0.15, 0.2) is 24.3 Å². The Hall–Kier alpha value is -2.53. The fourth-order valence-electron chi connectivity index (χ4n) is 2.41. The lowest BCUT2D eigenvalue weighted by molar-refractivity contribution is -0.384. The number of sulfonamides is 1. The highest BCUT2D eigenvalue weighted by molar-refractivity contribution is 7.88. The maximum Gasteiger partial charge on any atom is 0.316 e. The van der Waals surface area contributed by atoms with Crippen LogP contribution in [0.1, 0.15) is 31.3 Å². The van der Waals surface area contributed by atoms with Gasteiger partial charge in [-0.15, -0.1) is 5.10 Å². The molecule has 0 aliphatic carbocycles. The van der Waals surface area contributed by atoms with E-state index in [1.807, 2.05) is 6.92 Å². The van der Waals surface area contributed by atoms with E-state index in [0.717, 1.165) is 0 Å². The van der Waals surface area contributed by atoms with E-state index in [9.17, 15) is 18.5 Å². The van der Waals surface area contributed by atoms with E-state index in [4.69, 9.17) is 4.74 Å². The van der Waals surface area contributed by atoms with Crippen molar-refractivity contribution < 1.29 is 18.1 Å². The van der Waals surface area contributed by atoms with Gasteiger partial charge in [-0.1, -0.05) is 17.2 Å². The summed E-state index contributed by atoms with van der Waals surface area (Å²) in [6.07, 6.45) is 0. The molecule has 0 bridgehead atoms. The molecule has 0 amide bonds. The number of ether oxygens (including phenoxy) is 1. The number of nitro benzene ring substituents is 1. The fraction of sp³-hybridized carbons (Fsp3) is 0.429. The van der Waals surface area contributed by atoms with Crippen molar-refractivity contribution in [1.82, 2.24) is 19.5 Å². The molecular weight excluding hydrogens is 350 g/mol. The van der Waals surface area contributed by atoms with Gasteiger partial charge in [0.1, 0.15) is 0 Å². The number of non-ortho nitro benzene ring substituents is 1. The second-order valence-corrected chi connectivity index (χ2v) is 7.07. The summed E-state index contributed by atoms with van der Waals surface area (Å²) in [6.45, 7) is 4.02. The van der Waals surface area contributed by atoms with Gasteiger partial charge in [0, 0.05) is 18.7 Å².